The number of rotatable bonds is 0. The summed E-state index contributed by atoms with van der Waals surface area (Å²) >= 11 is 0. The highest BCUT2D eigenvalue weighted by Crippen LogP contribution is 2.28. The standard InChI is InChI=1S/C8H9NO2.BrH/c10-8-5-6-3-1-2-4-7(6)9(8)11;/h1-4,8,10-11H,5H2;1H. The molecule has 1 unspecified atom stereocenters. The number of benzene rings is 1. The van der Waals surface area contributed by atoms with Gasteiger partial charge in [-0.3, -0.25) is 5.21 Å². The molecule has 2 rings (SSSR count). The minimum atomic E-state index is -0.771. The smallest absolute Gasteiger partial charge is 0.155 e. The third-order valence-corrected chi connectivity index (χ3v) is 1.92. The van der Waals surface area contributed by atoms with Crippen LogP contribution in [0.1, 0.15) is 5.56 Å². The summed E-state index contributed by atoms with van der Waals surface area (Å²) in [5.74, 6) is 0. The lowest BCUT2D eigenvalue weighted by Gasteiger charge is -2.13. The Morgan fingerprint density at radius 3 is 2.67 bits per heavy atom. The summed E-state index contributed by atoms with van der Waals surface area (Å²) < 4.78 is 0. The van der Waals surface area contributed by atoms with Gasteiger partial charge < -0.3 is 5.11 Å². The van der Waals surface area contributed by atoms with Crippen LogP contribution < -0.4 is 5.06 Å². The van der Waals surface area contributed by atoms with E-state index in [0.29, 0.717) is 12.1 Å². The van der Waals surface area contributed by atoms with Crippen LogP contribution in [-0.4, -0.2) is 16.5 Å². The molecule has 1 aromatic carbocycles. The van der Waals surface area contributed by atoms with Gasteiger partial charge in [-0.1, -0.05) is 18.2 Å². The zero-order valence-electron chi connectivity index (χ0n) is 6.34. The summed E-state index contributed by atoms with van der Waals surface area (Å²) in [7, 11) is 0. The van der Waals surface area contributed by atoms with E-state index >= 15 is 0 Å². The molecule has 12 heavy (non-hydrogen) atoms. The van der Waals surface area contributed by atoms with Crippen LogP contribution in [0.4, 0.5) is 5.69 Å². The lowest BCUT2D eigenvalue weighted by Crippen LogP contribution is -2.27. The van der Waals surface area contributed by atoms with E-state index in [4.69, 9.17) is 0 Å². The number of anilines is 1. The summed E-state index contributed by atoms with van der Waals surface area (Å²) in [5, 5.41) is 19.3. The van der Waals surface area contributed by atoms with E-state index in [0.717, 1.165) is 10.6 Å². The molecule has 0 bridgehead atoms. The molecule has 66 valence electrons. The monoisotopic (exact) mass is 231 g/mol. The van der Waals surface area contributed by atoms with Crippen LogP contribution in [0.2, 0.25) is 0 Å². The van der Waals surface area contributed by atoms with Crippen molar-refractivity contribution < 1.29 is 10.3 Å². The zero-order valence-corrected chi connectivity index (χ0v) is 8.06. The molecular weight excluding hydrogens is 222 g/mol. The van der Waals surface area contributed by atoms with Gasteiger partial charge in [0.05, 0.1) is 5.69 Å². The van der Waals surface area contributed by atoms with Crippen molar-refractivity contribution in [3.05, 3.63) is 29.8 Å². The molecular formula is C8H10BrNO2. The molecule has 0 aromatic heterocycles. The number of nitrogens with zero attached hydrogens (tertiary/aromatic N) is 1. The average Bonchev–Trinajstić information content (AvgIpc) is 2.30. The highest BCUT2D eigenvalue weighted by molar-refractivity contribution is 8.93. The van der Waals surface area contributed by atoms with Gasteiger partial charge in [0.2, 0.25) is 0 Å². The van der Waals surface area contributed by atoms with Gasteiger partial charge in [-0.05, 0) is 11.6 Å². The molecule has 1 aliphatic rings. The van der Waals surface area contributed by atoms with E-state index < -0.39 is 6.23 Å². The number of hydrogen-bond donors (Lipinski definition) is 2. The van der Waals surface area contributed by atoms with Crippen molar-refractivity contribution in [1.82, 2.24) is 0 Å². The molecule has 0 spiro atoms. The predicted molar refractivity (Wildman–Crippen MR) is 50.7 cm³/mol. The van der Waals surface area contributed by atoms with Crippen molar-refractivity contribution in [2.24, 2.45) is 0 Å². The highest BCUT2D eigenvalue weighted by Gasteiger charge is 2.25. The Bertz CT molecular complexity index is 280. The molecule has 1 aliphatic heterocycles. The minimum absolute atomic E-state index is 0. The number of halogens is 1. The van der Waals surface area contributed by atoms with Crippen LogP contribution in [0, 0.1) is 0 Å². The van der Waals surface area contributed by atoms with Crippen LogP contribution in [0.3, 0.4) is 0 Å². The first-order valence-corrected chi connectivity index (χ1v) is 3.53. The van der Waals surface area contributed by atoms with Gasteiger partial charge in [0.25, 0.3) is 0 Å². The number of aliphatic hydroxyl groups excluding tert-OH is 1. The third-order valence-electron chi connectivity index (χ3n) is 1.92. The zero-order chi connectivity index (χ0) is 7.84. The van der Waals surface area contributed by atoms with Crippen molar-refractivity contribution in [1.29, 1.82) is 0 Å². The lowest BCUT2D eigenvalue weighted by atomic mass is 10.2. The van der Waals surface area contributed by atoms with E-state index in [-0.39, 0.29) is 17.0 Å². The molecule has 4 heteroatoms. The Balaban J connectivity index is 0.000000720. The summed E-state index contributed by atoms with van der Waals surface area (Å²) in [6, 6.07) is 7.41. The summed E-state index contributed by atoms with van der Waals surface area (Å²) in [4.78, 5) is 0. The van der Waals surface area contributed by atoms with E-state index in [1.807, 2.05) is 18.2 Å². The molecule has 0 saturated carbocycles. The molecule has 2 N–H and O–H groups in total. The van der Waals surface area contributed by atoms with Crippen LogP contribution in [0.5, 0.6) is 0 Å². The van der Waals surface area contributed by atoms with E-state index in [9.17, 15) is 10.3 Å². The van der Waals surface area contributed by atoms with E-state index in [1.165, 1.54) is 0 Å². The summed E-state index contributed by atoms with van der Waals surface area (Å²) in [6.45, 7) is 0. The third kappa shape index (κ3) is 1.33. The fourth-order valence-corrected chi connectivity index (χ4v) is 1.35. The quantitative estimate of drug-likeness (QED) is 0.709. The topological polar surface area (TPSA) is 43.7 Å². The first-order chi connectivity index (χ1) is 5.29. The predicted octanol–water partition coefficient (Wildman–Crippen LogP) is 1.33. The van der Waals surface area contributed by atoms with Gasteiger partial charge >= 0.3 is 0 Å². The van der Waals surface area contributed by atoms with Gasteiger partial charge in [-0.25, -0.2) is 5.06 Å². The molecule has 0 fully saturated rings. The first kappa shape index (κ1) is 9.51. The maximum Gasteiger partial charge on any atom is 0.155 e. The van der Waals surface area contributed by atoms with Gasteiger partial charge in [-0.15, -0.1) is 17.0 Å². The molecule has 1 atom stereocenters. The molecule has 1 heterocycles. The van der Waals surface area contributed by atoms with Crippen molar-refractivity contribution in [2.45, 2.75) is 12.6 Å². The Morgan fingerprint density at radius 1 is 1.33 bits per heavy atom. The van der Waals surface area contributed by atoms with E-state index in [1.54, 1.807) is 6.07 Å². The van der Waals surface area contributed by atoms with Crippen LogP contribution in [-0.2, 0) is 6.42 Å². The van der Waals surface area contributed by atoms with Crippen LogP contribution in [0.25, 0.3) is 0 Å². The number of aliphatic hydroxyl groups is 1. The second-order valence-corrected chi connectivity index (χ2v) is 2.66. The molecule has 0 amide bonds. The van der Waals surface area contributed by atoms with Gasteiger partial charge in [0, 0.05) is 6.42 Å². The Kier molecular flexibility index (Phi) is 2.72. The molecule has 0 radical (unpaired) electrons. The highest BCUT2D eigenvalue weighted by atomic mass is 79.9. The number of hydroxylamine groups is 1. The maximum atomic E-state index is 9.23. The average molecular weight is 232 g/mol. The van der Waals surface area contributed by atoms with Gasteiger partial charge in [-0.2, -0.15) is 0 Å². The lowest BCUT2D eigenvalue weighted by molar-refractivity contribution is 0.0779. The Labute approximate surface area is 81.0 Å². The SMILES string of the molecule is Br.OC1Cc2ccccc2N1O. The Morgan fingerprint density at radius 2 is 2.00 bits per heavy atom. The van der Waals surface area contributed by atoms with Crippen molar-refractivity contribution in [3.63, 3.8) is 0 Å². The fourth-order valence-electron chi connectivity index (χ4n) is 1.35. The molecule has 3 nitrogen and oxygen atoms in total. The van der Waals surface area contributed by atoms with Gasteiger partial charge in [0.15, 0.2) is 6.23 Å². The second-order valence-electron chi connectivity index (χ2n) is 2.66. The number of hydrogen-bond acceptors (Lipinski definition) is 3. The largest absolute Gasteiger partial charge is 0.371 e. The van der Waals surface area contributed by atoms with Crippen molar-refractivity contribution in [3.8, 4) is 0 Å². The molecule has 0 aliphatic carbocycles. The van der Waals surface area contributed by atoms with Crippen molar-refractivity contribution >= 4 is 22.7 Å². The Hall–Kier alpha value is -0.580. The van der Waals surface area contributed by atoms with Gasteiger partial charge in [0.1, 0.15) is 0 Å². The van der Waals surface area contributed by atoms with Crippen LogP contribution in [0.15, 0.2) is 24.3 Å². The van der Waals surface area contributed by atoms with E-state index in [2.05, 4.69) is 0 Å². The first-order valence-electron chi connectivity index (χ1n) is 3.53. The minimum Gasteiger partial charge on any atom is -0.371 e. The summed E-state index contributed by atoms with van der Waals surface area (Å²) in [5.41, 5.74) is 1.70. The number of para-hydroxylation sites is 1. The second kappa shape index (κ2) is 3.43. The van der Waals surface area contributed by atoms with Crippen LogP contribution >= 0.6 is 17.0 Å². The molecule has 1 aromatic rings. The number of fused-ring (bicyclic) bond motifs is 1. The summed E-state index contributed by atoms with van der Waals surface area (Å²) in [6.07, 6.45) is -0.264. The maximum absolute atomic E-state index is 9.23. The normalized spacial score (nSPS) is 20.2. The van der Waals surface area contributed by atoms with Crippen molar-refractivity contribution in [2.75, 3.05) is 5.06 Å². The fraction of sp³-hybridized carbons (Fsp3) is 0.250. The molecule has 0 saturated heterocycles.